The molecule has 1 aliphatic heterocycles. The summed E-state index contributed by atoms with van der Waals surface area (Å²) >= 11 is 0. The fourth-order valence-electron chi connectivity index (χ4n) is 2.04. The zero-order valence-electron chi connectivity index (χ0n) is 9.97. The Labute approximate surface area is 87.8 Å². The SMILES string of the molecule is CCNC(C)(C)CN1CCOCC1C. The van der Waals surface area contributed by atoms with Gasteiger partial charge < -0.3 is 10.1 Å². The summed E-state index contributed by atoms with van der Waals surface area (Å²) in [6.07, 6.45) is 0. The molecule has 0 aliphatic carbocycles. The summed E-state index contributed by atoms with van der Waals surface area (Å²) in [5.74, 6) is 0. The molecule has 1 atom stereocenters. The van der Waals surface area contributed by atoms with Crippen molar-refractivity contribution in [1.29, 1.82) is 0 Å². The van der Waals surface area contributed by atoms with Crippen LogP contribution in [0.2, 0.25) is 0 Å². The van der Waals surface area contributed by atoms with E-state index in [4.69, 9.17) is 4.74 Å². The average molecular weight is 200 g/mol. The second-order valence-electron chi connectivity index (χ2n) is 4.81. The van der Waals surface area contributed by atoms with E-state index in [1.165, 1.54) is 0 Å². The van der Waals surface area contributed by atoms with Crippen LogP contribution in [0, 0.1) is 0 Å². The maximum absolute atomic E-state index is 5.42. The smallest absolute Gasteiger partial charge is 0.0619 e. The molecule has 0 aromatic heterocycles. The predicted molar refractivity (Wildman–Crippen MR) is 59.6 cm³/mol. The largest absolute Gasteiger partial charge is 0.379 e. The molecule has 1 saturated heterocycles. The highest BCUT2D eigenvalue weighted by molar-refractivity contribution is 4.84. The van der Waals surface area contributed by atoms with Gasteiger partial charge in [-0.1, -0.05) is 6.92 Å². The lowest BCUT2D eigenvalue weighted by Crippen LogP contribution is -2.54. The van der Waals surface area contributed by atoms with Crippen LogP contribution < -0.4 is 5.32 Å². The number of hydrogen-bond donors (Lipinski definition) is 1. The Balaban J connectivity index is 2.40. The van der Waals surface area contributed by atoms with E-state index in [2.05, 4.69) is 37.9 Å². The average Bonchev–Trinajstić information content (AvgIpc) is 2.08. The summed E-state index contributed by atoms with van der Waals surface area (Å²) in [5, 5.41) is 3.51. The number of morpholine rings is 1. The number of nitrogens with zero attached hydrogens (tertiary/aromatic N) is 1. The number of likely N-dealkylation sites (N-methyl/N-ethyl adjacent to an activating group) is 1. The quantitative estimate of drug-likeness (QED) is 0.735. The summed E-state index contributed by atoms with van der Waals surface area (Å²) in [6, 6.07) is 0.557. The number of ether oxygens (including phenoxy) is 1. The second-order valence-corrected chi connectivity index (χ2v) is 4.81. The van der Waals surface area contributed by atoms with E-state index in [9.17, 15) is 0 Å². The first kappa shape index (κ1) is 12.0. The van der Waals surface area contributed by atoms with E-state index in [1.807, 2.05) is 0 Å². The van der Waals surface area contributed by atoms with E-state index >= 15 is 0 Å². The molecule has 0 radical (unpaired) electrons. The minimum Gasteiger partial charge on any atom is -0.379 e. The molecule has 1 rings (SSSR count). The van der Waals surface area contributed by atoms with E-state index in [0.29, 0.717) is 6.04 Å². The molecule has 0 aromatic carbocycles. The number of hydrogen-bond acceptors (Lipinski definition) is 3. The summed E-state index contributed by atoms with van der Waals surface area (Å²) < 4.78 is 5.42. The van der Waals surface area contributed by atoms with Gasteiger partial charge in [-0.15, -0.1) is 0 Å². The number of rotatable bonds is 4. The van der Waals surface area contributed by atoms with E-state index in [-0.39, 0.29) is 5.54 Å². The normalized spacial score (nSPS) is 25.3. The van der Waals surface area contributed by atoms with Crippen LogP contribution in [0.1, 0.15) is 27.7 Å². The van der Waals surface area contributed by atoms with E-state index in [1.54, 1.807) is 0 Å². The lowest BCUT2D eigenvalue weighted by molar-refractivity contribution is -0.0103. The van der Waals surface area contributed by atoms with Crippen LogP contribution in [0.25, 0.3) is 0 Å². The molecule has 1 fully saturated rings. The zero-order chi connectivity index (χ0) is 10.6. The van der Waals surface area contributed by atoms with Crippen LogP contribution in [-0.4, -0.2) is 49.3 Å². The zero-order valence-corrected chi connectivity index (χ0v) is 9.97. The van der Waals surface area contributed by atoms with Crippen molar-refractivity contribution in [2.75, 3.05) is 32.8 Å². The third-order valence-electron chi connectivity index (χ3n) is 2.76. The van der Waals surface area contributed by atoms with Gasteiger partial charge in [0.1, 0.15) is 0 Å². The Morgan fingerprint density at radius 2 is 2.21 bits per heavy atom. The number of nitrogens with one attached hydrogen (secondary N) is 1. The minimum absolute atomic E-state index is 0.209. The van der Waals surface area contributed by atoms with Crippen molar-refractivity contribution in [2.24, 2.45) is 0 Å². The lowest BCUT2D eigenvalue weighted by atomic mass is 10.0. The third kappa shape index (κ3) is 3.56. The molecule has 1 heterocycles. The molecule has 1 N–H and O–H groups in total. The highest BCUT2D eigenvalue weighted by Crippen LogP contribution is 2.11. The molecule has 0 spiro atoms. The highest BCUT2D eigenvalue weighted by atomic mass is 16.5. The van der Waals surface area contributed by atoms with Crippen molar-refractivity contribution < 1.29 is 4.74 Å². The molecule has 3 nitrogen and oxygen atoms in total. The first-order chi connectivity index (χ1) is 6.55. The molecule has 3 heteroatoms. The Bertz CT molecular complexity index is 171. The molecular formula is C11H24N2O. The molecule has 0 amide bonds. The Morgan fingerprint density at radius 3 is 2.79 bits per heavy atom. The Morgan fingerprint density at radius 1 is 1.50 bits per heavy atom. The Hall–Kier alpha value is -0.120. The predicted octanol–water partition coefficient (Wildman–Crippen LogP) is 1.10. The Kier molecular flexibility index (Phi) is 4.35. The summed E-state index contributed by atoms with van der Waals surface area (Å²) in [6.45, 7) is 13.9. The van der Waals surface area contributed by atoms with Crippen molar-refractivity contribution in [1.82, 2.24) is 10.2 Å². The van der Waals surface area contributed by atoms with Crippen LogP contribution in [0.3, 0.4) is 0 Å². The van der Waals surface area contributed by atoms with Gasteiger partial charge >= 0.3 is 0 Å². The van der Waals surface area contributed by atoms with Crippen molar-refractivity contribution >= 4 is 0 Å². The maximum atomic E-state index is 5.42. The van der Waals surface area contributed by atoms with Crippen LogP contribution in [-0.2, 0) is 4.74 Å². The lowest BCUT2D eigenvalue weighted by Gasteiger charge is -2.39. The van der Waals surface area contributed by atoms with Gasteiger partial charge in [0.2, 0.25) is 0 Å². The molecule has 1 aliphatic rings. The standard InChI is InChI=1S/C11H24N2O/c1-5-12-11(3,4)9-13-6-7-14-8-10(13)2/h10,12H,5-9H2,1-4H3. The molecule has 14 heavy (non-hydrogen) atoms. The molecule has 0 bridgehead atoms. The molecular weight excluding hydrogens is 176 g/mol. The maximum Gasteiger partial charge on any atom is 0.0619 e. The van der Waals surface area contributed by atoms with Gasteiger partial charge in [-0.25, -0.2) is 0 Å². The van der Waals surface area contributed by atoms with Crippen molar-refractivity contribution in [2.45, 2.75) is 39.3 Å². The van der Waals surface area contributed by atoms with Gasteiger partial charge in [-0.2, -0.15) is 0 Å². The van der Waals surface area contributed by atoms with Gasteiger partial charge in [-0.3, -0.25) is 4.90 Å². The summed E-state index contributed by atoms with van der Waals surface area (Å²) in [7, 11) is 0. The summed E-state index contributed by atoms with van der Waals surface area (Å²) in [5.41, 5.74) is 0.209. The van der Waals surface area contributed by atoms with Crippen LogP contribution >= 0.6 is 0 Å². The van der Waals surface area contributed by atoms with Crippen LogP contribution in [0.4, 0.5) is 0 Å². The molecule has 84 valence electrons. The van der Waals surface area contributed by atoms with Gasteiger partial charge in [0.25, 0.3) is 0 Å². The van der Waals surface area contributed by atoms with Gasteiger partial charge in [0.05, 0.1) is 13.2 Å². The highest BCUT2D eigenvalue weighted by Gasteiger charge is 2.25. The van der Waals surface area contributed by atoms with Crippen LogP contribution in [0.5, 0.6) is 0 Å². The molecule has 1 unspecified atom stereocenters. The molecule has 0 saturated carbocycles. The van der Waals surface area contributed by atoms with Crippen molar-refractivity contribution in [3.05, 3.63) is 0 Å². The van der Waals surface area contributed by atoms with Crippen molar-refractivity contribution in [3.63, 3.8) is 0 Å². The van der Waals surface area contributed by atoms with Gasteiger partial charge in [0, 0.05) is 24.7 Å². The topological polar surface area (TPSA) is 24.5 Å². The second kappa shape index (κ2) is 5.10. The van der Waals surface area contributed by atoms with Gasteiger partial charge in [-0.05, 0) is 27.3 Å². The molecule has 0 aromatic rings. The third-order valence-corrected chi connectivity index (χ3v) is 2.76. The van der Waals surface area contributed by atoms with E-state index < -0.39 is 0 Å². The van der Waals surface area contributed by atoms with E-state index in [0.717, 1.165) is 32.8 Å². The minimum atomic E-state index is 0.209. The van der Waals surface area contributed by atoms with Gasteiger partial charge in [0.15, 0.2) is 0 Å². The summed E-state index contributed by atoms with van der Waals surface area (Å²) in [4.78, 5) is 2.51. The first-order valence-corrected chi connectivity index (χ1v) is 5.62. The van der Waals surface area contributed by atoms with Crippen LogP contribution in [0.15, 0.2) is 0 Å². The first-order valence-electron chi connectivity index (χ1n) is 5.62. The fourth-order valence-corrected chi connectivity index (χ4v) is 2.04. The fraction of sp³-hybridized carbons (Fsp3) is 1.00. The van der Waals surface area contributed by atoms with Crippen molar-refractivity contribution in [3.8, 4) is 0 Å². The monoisotopic (exact) mass is 200 g/mol.